The minimum absolute atomic E-state index is 0.198. The van der Waals surface area contributed by atoms with Crippen molar-refractivity contribution in [1.29, 1.82) is 0 Å². The van der Waals surface area contributed by atoms with Gasteiger partial charge in [-0.2, -0.15) is 0 Å². The van der Waals surface area contributed by atoms with Gasteiger partial charge in [0.15, 0.2) is 0 Å². The molecule has 236 valence electrons. The molecule has 0 N–H and O–H groups in total. The summed E-state index contributed by atoms with van der Waals surface area (Å²) >= 11 is 1.93. The molecule has 6 aliphatic rings. The van der Waals surface area contributed by atoms with Crippen molar-refractivity contribution in [2.45, 2.75) is 30.6 Å². The zero-order valence-corrected chi connectivity index (χ0v) is 28.5. The van der Waals surface area contributed by atoms with Crippen LogP contribution in [0.25, 0.3) is 48.0 Å². The lowest BCUT2D eigenvalue weighted by molar-refractivity contribution is 0.489. The van der Waals surface area contributed by atoms with Gasteiger partial charge in [0.05, 0.1) is 5.41 Å². The molecule has 50 heavy (non-hydrogen) atoms. The van der Waals surface area contributed by atoms with Crippen LogP contribution in [0, 0.1) is 11.8 Å². The average Bonchev–Trinajstić information content (AvgIpc) is 3.82. The summed E-state index contributed by atoms with van der Waals surface area (Å²) in [6, 6.07) is 39.8. The van der Waals surface area contributed by atoms with Gasteiger partial charge in [0.25, 0.3) is 0 Å². The summed E-state index contributed by atoms with van der Waals surface area (Å²) in [5.74, 6) is 1.02. The van der Waals surface area contributed by atoms with Crippen LogP contribution in [0.15, 0.2) is 157 Å². The second-order valence-electron chi connectivity index (χ2n) is 14.9. The average molecular weight is 655 g/mol. The summed E-state index contributed by atoms with van der Waals surface area (Å²) in [7, 11) is 0. The number of thiophene rings is 1. The first-order chi connectivity index (χ1) is 24.8. The van der Waals surface area contributed by atoms with Crippen LogP contribution >= 0.6 is 11.3 Å². The van der Waals surface area contributed by atoms with Crippen molar-refractivity contribution in [3.05, 3.63) is 196 Å². The Morgan fingerprint density at radius 1 is 0.680 bits per heavy atom. The molecule has 0 aliphatic heterocycles. The fourth-order valence-electron chi connectivity index (χ4n) is 10.8. The third-order valence-electron chi connectivity index (χ3n) is 12.8. The zero-order valence-electron chi connectivity index (χ0n) is 27.7. The Kier molecular flexibility index (Phi) is 5.48. The fourth-order valence-corrected chi connectivity index (χ4v) is 12.1. The van der Waals surface area contributed by atoms with Crippen LogP contribution in [0.5, 0.6) is 0 Å². The molecule has 1 spiro atoms. The maximum absolute atomic E-state index is 2.61. The molecule has 6 aliphatic carbocycles. The Morgan fingerprint density at radius 3 is 2.48 bits per heavy atom. The summed E-state index contributed by atoms with van der Waals surface area (Å²) in [6.45, 7) is 0. The predicted molar refractivity (Wildman–Crippen MR) is 211 cm³/mol. The van der Waals surface area contributed by atoms with Crippen molar-refractivity contribution in [3.63, 3.8) is 0 Å². The van der Waals surface area contributed by atoms with Crippen LogP contribution in [0.2, 0.25) is 0 Å². The van der Waals surface area contributed by atoms with Crippen molar-refractivity contribution in [3.8, 4) is 11.1 Å². The first kappa shape index (κ1) is 27.6. The van der Waals surface area contributed by atoms with E-state index in [0.717, 1.165) is 19.3 Å². The lowest BCUT2D eigenvalue weighted by Gasteiger charge is -2.39. The highest BCUT2D eigenvalue weighted by Crippen LogP contribution is 2.69. The Labute approximate surface area is 296 Å². The van der Waals surface area contributed by atoms with Crippen LogP contribution in [0.4, 0.5) is 0 Å². The molecule has 4 unspecified atom stereocenters. The van der Waals surface area contributed by atoms with Crippen LogP contribution in [-0.2, 0) is 5.41 Å². The quantitative estimate of drug-likeness (QED) is 0.174. The molecule has 1 aromatic heterocycles. The van der Waals surface area contributed by atoms with Gasteiger partial charge in [-0.1, -0.05) is 140 Å². The van der Waals surface area contributed by atoms with Gasteiger partial charge in [-0.15, -0.1) is 11.3 Å². The summed E-state index contributed by atoms with van der Waals surface area (Å²) in [5.41, 5.74) is 18.9. The van der Waals surface area contributed by atoms with Crippen molar-refractivity contribution in [1.82, 2.24) is 0 Å². The summed E-state index contributed by atoms with van der Waals surface area (Å²) < 4.78 is 2.76. The fraction of sp³-hybridized carbons (Fsp3) is 0.143. The van der Waals surface area contributed by atoms with Gasteiger partial charge in [-0.05, 0) is 104 Å². The minimum atomic E-state index is -0.198. The molecule has 0 fully saturated rings. The van der Waals surface area contributed by atoms with Crippen molar-refractivity contribution in [2.24, 2.45) is 11.8 Å². The van der Waals surface area contributed by atoms with Crippen molar-refractivity contribution >= 4 is 48.2 Å². The third kappa shape index (κ3) is 3.37. The predicted octanol–water partition coefficient (Wildman–Crippen LogP) is 12.8. The zero-order chi connectivity index (χ0) is 32.6. The number of allylic oxidation sites excluding steroid dienone is 12. The summed E-state index contributed by atoms with van der Waals surface area (Å²) in [5, 5.41) is 2.73. The standard InChI is InChI=1S/C49H34S/c1-2-11-29(12-3-1)30-23-26-35-34-13-4-6-19-41(34)49(44(35)28-30)42-20-9-16-37-33-25-24-31(27-40(33)38-17-10-21-43(49)47(38)46(37)42)32-15-8-18-39-36-14-5-7-22-45(36)50-48(32)39/h1-2,4-11,13-19,21-28,33,40,42H,3,12,20H2. The van der Waals surface area contributed by atoms with E-state index in [2.05, 4.69) is 152 Å². The maximum Gasteiger partial charge on any atom is 0.0541 e. The SMILES string of the molecule is C1=CCCC(c2ccc3c(c2)C2(c4ccccc4-3)c3cccc4c3C3=C(C=CCC32)C2C=CC(c3cccc5c3sc3ccccc35)=CC42)=C1. The van der Waals surface area contributed by atoms with E-state index in [1.165, 1.54) is 87.0 Å². The topological polar surface area (TPSA) is 0 Å². The largest absolute Gasteiger partial charge is 0.135 e. The molecule has 6 aromatic rings. The highest BCUT2D eigenvalue weighted by atomic mass is 32.1. The van der Waals surface area contributed by atoms with E-state index in [1.54, 1.807) is 5.57 Å². The van der Waals surface area contributed by atoms with E-state index >= 15 is 0 Å². The van der Waals surface area contributed by atoms with E-state index < -0.39 is 0 Å². The van der Waals surface area contributed by atoms with E-state index in [-0.39, 0.29) is 5.41 Å². The molecular weight excluding hydrogens is 621 g/mol. The smallest absolute Gasteiger partial charge is 0.0541 e. The number of hydrogen-bond donors (Lipinski definition) is 0. The van der Waals surface area contributed by atoms with Gasteiger partial charge in [0.2, 0.25) is 0 Å². The number of rotatable bonds is 2. The van der Waals surface area contributed by atoms with Crippen LogP contribution < -0.4 is 0 Å². The molecule has 12 rings (SSSR count). The van der Waals surface area contributed by atoms with Crippen molar-refractivity contribution < 1.29 is 0 Å². The van der Waals surface area contributed by atoms with Crippen LogP contribution in [-0.4, -0.2) is 0 Å². The molecule has 1 heterocycles. The Hall–Kier alpha value is -5.24. The number of fused-ring (bicyclic) bond motifs is 13. The monoisotopic (exact) mass is 654 g/mol. The summed E-state index contributed by atoms with van der Waals surface area (Å²) in [6.07, 6.45) is 22.7. The second kappa shape index (κ2) is 9.93. The Bertz CT molecular complexity index is 2700. The van der Waals surface area contributed by atoms with Crippen LogP contribution in [0.3, 0.4) is 0 Å². The second-order valence-corrected chi connectivity index (χ2v) is 16.0. The third-order valence-corrected chi connectivity index (χ3v) is 14.0. The number of hydrogen-bond acceptors (Lipinski definition) is 1. The highest BCUT2D eigenvalue weighted by molar-refractivity contribution is 7.26. The molecule has 5 aromatic carbocycles. The molecule has 0 bridgehead atoms. The van der Waals surface area contributed by atoms with Gasteiger partial charge in [-0.25, -0.2) is 0 Å². The summed E-state index contributed by atoms with van der Waals surface area (Å²) in [4.78, 5) is 0. The van der Waals surface area contributed by atoms with Gasteiger partial charge in [0, 0.05) is 37.9 Å². The maximum atomic E-state index is 2.61. The van der Waals surface area contributed by atoms with Crippen molar-refractivity contribution in [2.75, 3.05) is 0 Å². The Morgan fingerprint density at radius 2 is 1.52 bits per heavy atom. The van der Waals surface area contributed by atoms with E-state index in [4.69, 9.17) is 0 Å². The van der Waals surface area contributed by atoms with Gasteiger partial charge >= 0.3 is 0 Å². The number of benzene rings is 5. The normalized spacial score (nSPS) is 24.8. The minimum Gasteiger partial charge on any atom is -0.135 e. The molecule has 0 saturated carbocycles. The van der Waals surface area contributed by atoms with Gasteiger partial charge in [-0.3, -0.25) is 0 Å². The molecule has 1 heteroatoms. The Balaban J connectivity index is 1.10. The first-order valence-corrected chi connectivity index (χ1v) is 19.1. The lowest BCUT2D eigenvalue weighted by atomic mass is 9.63. The van der Waals surface area contributed by atoms with Gasteiger partial charge < -0.3 is 0 Å². The molecule has 4 atom stereocenters. The first-order valence-electron chi connectivity index (χ1n) is 18.3. The molecule has 0 radical (unpaired) electrons. The lowest BCUT2D eigenvalue weighted by Crippen LogP contribution is -2.33. The van der Waals surface area contributed by atoms with Crippen LogP contribution in [0.1, 0.15) is 64.1 Å². The highest BCUT2D eigenvalue weighted by Gasteiger charge is 2.59. The van der Waals surface area contributed by atoms with Gasteiger partial charge in [0.1, 0.15) is 0 Å². The van der Waals surface area contributed by atoms with E-state index in [1.807, 2.05) is 11.3 Å². The molecular formula is C49H34S. The molecule has 0 nitrogen and oxygen atoms in total. The van der Waals surface area contributed by atoms with E-state index in [9.17, 15) is 0 Å². The molecule has 0 saturated heterocycles. The van der Waals surface area contributed by atoms with E-state index in [0.29, 0.717) is 17.8 Å². The molecule has 0 amide bonds.